The van der Waals surface area contributed by atoms with Crippen molar-refractivity contribution in [3.8, 4) is 0 Å². The first-order valence-electron chi connectivity index (χ1n) is 6.06. The minimum absolute atomic E-state index is 0.576. The van der Waals surface area contributed by atoms with Crippen molar-refractivity contribution in [2.24, 2.45) is 10.7 Å². The minimum atomic E-state index is 0.576. The van der Waals surface area contributed by atoms with Gasteiger partial charge in [-0.25, -0.2) is 4.98 Å². The summed E-state index contributed by atoms with van der Waals surface area (Å²) in [4.78, 5) is 8.87. The molecule has 3 N–H and O–H groups in total. The molecule has 2 aliphatic rings. The van der Waals surface area contributed by atoms with Crippen LogP contribution in [-0.4, -0.2) is 33.9 Å². The molecule has 0 radical (unpaired) electrons. The fourth-order valence-electron chi connectivity index (χ4n) is 1.86. The zero-order valence-corrected chi connectivity index (χ0v) is 10.5. The maximum atomic E-state index is 5.76. The van der Waals surface area contributed by atoms with E-state index in [2.05, 4.69) is 26.1 Å². The number of fused-ring (bicyclic) bond motifs is 1. The Balaban J connectivity index is 1.49. The van der Waals surface area contributed by atoms with Crippen molar-refractivity contribution in [3.63, 3.8) is 0 Å². The van der Waals surface area contributed by atoms with Gasteiger partial charge in [0.05, 0.1) is 5.69 Å². The van der Waals surface area contributed by atoms with E-state index in [4.69, 9.17) is 5.73 Å². The van der Waals surface area contributed by atoms with Gasteiger partial charge in [-0.2, -0.15) is 0 Å². The van der Waals surface area contributed by atoms with Crippen LogP contribution in [0, 0.1) is 0 Å². The van der Waals surface area contributed by atoms with Gasteiger partial charge < -0.3 is 15.6 Å². The predicted octanol–water partition coefficient (Wildman–Crippen LogP) is 0.598. The van der Waals surface area contributed by atoms with Crippen LogP contribution < -0.4 is 11.1 Å². The van der Waals surface area contributed by atoms with Crippen molar-refractivity contribution in [1.29, 1.82) is 0 Å². The van der Waals surface area contributed by atoms with Gasteiger partial charge in [-0.3, -0.25) is 4.99 Å². The quantitative estimate of drug-likeness (QED) is 0.607. The molecule has 0 aromatic carbocycles. The smallest absolute Gasteiger partial charge is 0.188 e. The highest BCUT2D eigenvalue weighted by molar-refractivity contribution is 7.99. The van der Waals surface area contributed by atoms with Crippen molar-refractivity contribution in [1.82, 2.24) is 14.9 Å². The lowest BCUT2D eigenvalue weighted by Crippen LogP contribution is -2.33. The second-order valence-corrected chi connectivity index (χ2v) is 5.55. The molecule has 0 bridgehead atoms. The summed E-state index contributed by atoms with van der Waals surface area (Å²) < 4.78 is 2.22. The van der Waals surface area contributed by atoms with E-state index in [9.17, 15) is 0 Å². The summed E-state index contributed by atoms with van der Waals surface area (Å²) in [6, 6.07) is 0.576. The molecule has 2 heterocycles. The zero-order chi connectivity index (χ0) is 11.7. The molecule has 0 unspecified atom stereocenters. The van der Waals surface area contributed by atoms with Gasteiger partial charge in [-0.1, -0.05) is 11.8 Å². The Morgan fingerprint density at radius 3 is 3.29 bits per heavy atom. The standard InChI is InChI=1S/C11H17N5S/c12-10(14-8-1-2-8)13-4-3-9-7-16-5-6-17-11(16)15-9/h7-8H,1-6H2,(H3,12,13,14). The number of aliphatic imine (C=N–C) groups is 1. The van der Waals surface area contributed by atoms with Crippen LogP contribution in [0.3, 0.4) is 0 Å². The Bertz CT molecular complexity index is 414. The molecule has 0 spiro atoms. The van der Waals surface area contributed by atoms with Gasteiger partial charge in [0.1, 0.15) is 0 Å². The second kappa shape index (κ2) is 4.60. The number of imidazole rings is 1. The Morgan fingerprint density at radius 1 is 1.65 bits per heavy atom. The van der Waals surface area contributed by atoms with Crippen LogP contribution in [0.4, 0.5) is 0 Å². The molecule has 1 aromatic heterocycles. The maximum absolute atomic E-state index is 5.76. The van der Waals surface area contributed by atoms with E-state index in [1.807, 2.05) is 11.8 Å². The molecule has 1 aliphatic heterocycles. The highest BCUT2D eigenvalue weighted by atomic mass is 32.2. The number of hydrogen-bond donors (Lipinski definition) is 2. The molecule has 92 valence electrons. The highest BCUT2D eigenvalue weighted by Crippen LogP contribution is 2.24. The van der Waals surface area contributed by atoms with Gasteiger partial charge in [0.2, 0.25) is 0 Å². The molecule has 0 amide bonds. The van der Waals surface area contributed by atoms with Crippen LogP contribution in [0.5, 0.6) is 0 Å². The van der Waals surface area contributed by atoms with E-state index in [0.29, 0.717) is 18.5 Å². The van der Waals surface area contributed by atoms with Crippen molar-refractivity contribution in [2.45, 2.75) is 37.0 Å². The van der Waals surface area contributed by atoms with Gasteiger partial charge in [0, 0.05) is 37.5 Å². The van der Waals surface area contributed by atoms with Crippen LogP contribution in [0.15, 0.2) is 16.3 Å². The van der Waals surface area contributed by atoms with Crippen molar-refractivity contribution in [2.75, 3.05) is 12.3 Å². The fraction of sp³-hybridized carbons (Fsp3) is 0.636. The molecule has 3 rings (SSSR count). The molecule has 6 heteroatoms. The summed E-state index contributed by atoms with van der Waals surface area (Å²) in [5, 5.41) is 4.32. The number of aromatic nitrogens is 2. The van der Waals surface area contributed by atoms with E-state index in [1.54, 1.807) is 0 Å². The normalized spacial score (nSPS) is 19.4. The number of nitrogens with two attached hydrogens (primary N) is 1. The molecule has 5 nitrogen and oxygen atoms in total. The van der Waals surface area contributed by atoms with Crippen molar-refractivity contribution in [3.05, 3.63) is 11.9 Å². The number of aryl methyl sites for hydroxylation is 1. The van der Waals surface area contributed by atoms with Crippen LogP contribution in [-0.2, 0) is 13.0 Å². The van der Waals surface area contributed by atoms with Crippen molar-refractivity contribution >= 4 is 17.7 Å². The summed E-state index contributed by atoms with van der Waals surface area (Å²) in [6.45, 7) is 1.80. The Hall–Kier alpha value is -1.17. The summed E-state index contributed by atoms with van der Waals surface area (Å²) in [7, 11) is 0. The fourth-order valence-corrected chi connectivity index (χ4v) is 2.82. The summed E-state index contributed by atoms with van der Waals surface area (Å²) in [6.07, 6.45) is 5.45. The molecule has 1 saturated carbocycles. The third-order valence-electron chi connectivity index (χ3n) is 2.93. The molecule has 0 saturated heterocycles. The number of thioether (sulfide) groups is 1. The maximum Gasteiger partial charge on any atom is 0.188 e. The number of guanidine groups is 1. The highest BCUT2D eigenvalue weighted by Gasteiger charge is 2.21. The van der Waals surface area contributed by atoms with Crippen molar-refractivity contribution < 1.29 is 0 Å². The van der Waals surface area contributed by atoms with Crippen LogP contribution >= 0.6 is 11.8 Å². The first kappa shape index (κ1) is 11.0. The van der Waals surface area contributed by atoms with Gasteiger partial charge in [0.25, 0.3) is 0 Å². The average molecular weight is 251 g/mol. The minimum Gasteiger partial charge on any atom is -0.370 e. The molecule has 1 aliphatic carbocycles. The largest absolute Gasteiger partial charge is 0.370 e. The lowest BCUT2D eigenvalue weighted by atomic mass is 10.3. The van der Waals surface area contributed by atoms with E-state index in [1.165, 1.54) is 12.8 Å². The topological polar surface area (TPSA) is 68.2 Å². The van der Waals surface area contributed by atoms with E-state index >= 15 is 0 Å². The Morgan fingerprint density at radius 2 is 2.53 bits per heavy atom. The lowest BCUT2D eigenvalue weighted by Gasteiger charge is -2.01. The third-order valence-corrected chi connectivity index (χ3v) is 3.90. The summed E-state index contributed by atoms with van der Waals surface area (Å²) in [5.74, 6) is 1.73. The zero-order valence-electron chi connectivity index (χ0n) is 9.72. The molecular formula is C11H17N5S. The molecule has 17 heavy (non-hydrogen) atoms. The number of nitrogens with zero attached hydrogens (tertiary/aromatic N) is 3. The van der Waals surface area contributed by atoms with Crippen LogP contribution in [0.2, 0.25) is 0 Å². The second-order valence-electron chi connectivity index (χ2n) is 4.49. The third kappa shape index (κ3) is 2.74. The Kier molecular flexibility index (Phi) is 2.96. The molecule has 1 aromatic rings. The number of rotatable bonds is 4. The first-order chi connectivity index (χ1) is 8.31. The average Bonchev–Trinajstić information content (AvgIpc) is 2.85. The molecule has 0 atom stereocenters. The number of hydrogen-bond acceptors (Lipinski definition) is 3. The lowest BCUT2D eigenvalue weighted by molar-refractivity contribution is 0.719. The SMILES string of the molecule is NC(=NCCc1cn2c(n1)SCC2)NC1CC1. The van der Waals surface area contributed by atoms with E-state index in [-0.39, 0.29) is 0 Å². The molecular weight excluding hydrogens is 234 g/mol. The van der Waals surface area contributed by atoms with Gasteiger partial charge >= 0.3 is 0 Å². The monoisotopic (exact) mass is 251 g/mol. The summed E-state index contributed by atoms with van der Waals surface area (Å²) >= 11 is 1.82. The van der Waals surface area contributed by atoms with Crippen LogP contribution in [0.25, 0.3) is 0 Å². The van der Waals surface area contributed by atoms with E-state index < -0.39 is 0 Å². The van der Waals surface area contributed by atoms with Gasteiger partial charge in [-0.15, -0.1) is 0 Å². The first-order valence-corrected chi connectivity index (χ1v) is 7.05. The van der Waals surface area contributed by atoms with Crippen LogP contribution in [0.1, 0.15) is 18.5 Å². The number of nitrogens with one attached hydrogen (secondary N) is 1. The van der Waals surface area contributed by atoms with Gasteiger partial charge in [0.15, 0.2) is 11.1 Å². The summed E-state index contributed by atoms with van der Waals surface area (Å²) in [5.41, 5.74) is 6.88. The molecule has 1 fully saturated rings. The Labute approximate surface area is 105 Å². The predicted molar refractivity (Wildman–Crippen MR) is 69.3 cm³/mol. The van der Waals surface area contributed by atoms with E-state index in [0.717, 1.165) is 29.6 Å². The van der Waals surface area contributed by atoms with Gasteiger partial charge in [-0.05, 0) is 12.8 Å².